The summed E-state index contributed by atoms with van der Waals surface area (Å²) in [5.74, 6) is 0.613. The zero-order valence-corrected chi connectivity index (χ0v) is 24.1. The second-order valence-electron chi connectivity index (χ2n) is 11.2. The second-order valence-corrected chi connectivity index (χ2v) is 12.0. The number of imidazole rings is 2. The van der Waals surface area contributed by atoms with Gasteiger partial charge in [-0.15, -0.1) is 0 Å². The van der Waals surface area contributed by atoms with Crippen LogP contribution < -0.4 is 10.6 Å². The number of pyridine rings is 1. The van der Waals surface area contributed by atoms with E-state index in [0.29, 0.717) is 47.9 Å². The van der Waals surface area contributed by atoms with Gasteiger partial charge in [0.15, 0.2) is 5.65 Å². The van der Waals surface area contributed by atoms with Gasteiger partial charge in [-0.1, -0.05) is 39.2 Å². The molecule has 0 bridgehead atoms. The van der Waals surface area contributed by atoms with Crippen LogP contribution in [0.1, 0.15) is 84.1 Å². The number of nitrogens with one attached hydrogen (secondary N) is 3. The molecule has 0 saturated heterocycles. The first-order chi connectivity index (χ1) is 19.8. The lowest BCUT2D eigenvalue weighted by molar-refractivity contribution is 0.00520. The Morgan fingerprint density at radius 2 is 1.93 bits per heavy atom. The Hall–Kier alpha value is -4.02. The minimum absolute atomic E-state index is 0.182. The molecule has 41 heavy (non-hydrogen) atoms. The summed E-state index contributed by atoms with van der Waals surface area (Å²) in [5.41, 5.74) is 4.32. The fourth-order valence-electron chi connectivity index (χ4n) is 5.52. The Balaban J connectivity index is 1.27. The minimum Gasteiger partial charge on any atom is -0.388 e. The fourth-order valence-corrected chi connectivity index (χ4v) is 6.16. The maximum absolute atomic E-state index is 13.6. The van der Waals surface area contributed by atoms with E-state index >= 15 is 0 Å². The first-order valence-electron chi connectivity index (χ1n) is 14.1. The van der Waals surface area contributed by atoms with Crippen LogP contribution in [-0.4, -0.2) is 48.4 Å². The molecule has 6 rings (SSSR count). The standard InChI is InChI=1S/C31H34N6O3S/c1-19(2)27-34-23-9-8-20(15-24(23)35-27)16-32-29(38)22-7-6-13-37-26(25(36-28(22)37)21-10-14-41-17-21)30(39)33-18-31(40)11-4-3-5-12-31/h6-10,13-15,17,19,40H,3-5,11-12,16,18H2,1-2H3,(H,32,38)(H,33,39)(H,34,35). The Kier molecular flexibility index (Phi) is 7.35. The zero-order valence-electron chi connectivity index (χ0n) is 23.2. The van der Waals surface area contributed by atoms with Crippen LogP contribution in [0.2, 0.25) is 0 Å². The lowest BCUT2D eigenvalue weighted by atomic mass is 9.85. The maximum Gasteiger partial charge on any atom is 0.270 e. The second kappa shape index (κ2) is 11.1. The summed E-state index contributed by atoms with van der Waals surface area (Å²) < 4.78 is 1.67. The van der Waals surface area contributed by atoms with Crippen molar-refractivity contribution in [1.82, 2.24) is 30.0 Å². The average molecular weight is 571 g/mol. The zero-order chi connectivity index (χ0) is 28.6. The highest BCUT2D eigenvalue weighted by atomic mass is 32.1. The molecule has 2 amide bonds. The lowest BCUT2D eigenvalue weighted by Gasteiger charge is -2.32. The molecule has 1 fully saturated rings. The number of aromatic amines is 1. The van der Waals surface area contributed by atoms with E-state index in [9.17, 15) is 14.7 Å². The number of aliphatic hydroxyl groups is 1. The van der Waals surface area contributed by atoms with Gasteiger partial charge in [-0.25, -0.2) is 9.97 Å². The number of H-pyrrole nitrogens is 1. The van der Waals surface area contributed by atoms with Gasteiger partial charge in [0, 0.05) is 36.1 Å². The van der Waals surface area contributed by atoms with Crippen LogP contribution in [0, 0.1) is 0 Å². The Labute approximate surface area is 242 Å². The van der Waals surface area contributed by atoms with Gasteiger partial charge in [-0.3, -0.25) is 14.0 Å². The predicted molar refractivity (Wildman–Crippen MR) is 160 cm³/mol. The van der Waals surface area contributed by atoms with Crippen LogP contribution in [-0.2, 0) is 6.54 Å². The van der Waals surface area contributed by atoms with Crippen LogP contribution in [0.3, 0.4) is 0 Å². The predicted octanol–water partition coefficient (Wildman–Crippen LogP) is 5.42. The van der Waals surface area contributed by atoms with Crippen molar-refractivity contribution in [1.29, 1.82) is 0 Å². The third-order valence-electron chi connectivity index (χ3n) is 7.83. The van der Waals surface area contributed by atoms with Gasteiger partial charge in [0.25, 0.3) is 11.8 Å². The number of nitrogens with zero attached hydrogens (tertiary/aromatic N) is 3. The summed E-state index contributed by atoms with van der Waals surface area (Å²) in [7, 11) is 0. The number of carbonyl (C=O) groups excluding carboxylic acids is 2. The van der Waals surface area contributed by atoms with Crippen molar-refractivity contribution in [2.45, 2.75) is 64.0 Å². The molecule has 4 heterocycles. The molecule has 0 spiro atoms. The van der Waals surface area contributed by atoms with E-state index < -0.39 is 5.60 Å². The van der Waals surface area contributed by atoms with Gasteiger partial charge in [-0.2, -0.15) is 11.3 Å². The fraction of sp³-hybridized carbons (Fsp3) is 0.355. The topological polar surface area (TPSA) is 124 Å². The third kappa shape index (κ3) is 5.49. The van der Waals surface area contributed by atoms with E-state index in [1.807, 2.05) is 35.0 Å². The van der Waals surface area contributed by atoms with Gasteiger partial charge in [0.1, 0.15) is 17.2 Å². The SMILES string of the molecule is CC(C)c1nc2ccc(CNC(=O)c3cccn4c(C(=O)NCC5(O)CCCCC5)c(-c5ccsc5)nc34)cc2[nH]1. The molecule has 1 saturated carbocycles. The van der Waals surface area contributed by atoms with E-state index in [2.05, 4.69) is 34.4 Å². The maximum atomic E-state index is 13.6. The van der Waals surface area contributed by atoms with Gasteiger partial charge in [0.05, 0.1) is 22.2 Å². The van der Waals surface area contributed by atoms with Crippen molar-refractivity contribution in [2.75, 3.05) is 6.54 Å². The molecule has 5 aromatic rings. The number of hydrogen-bond donors (Lipinski definition) is 4. The first-order valence-corrected chi connectivity index (χ1v) is 15.1. The molecule has 10 heteroatoms. The van der Waals surface area contributed by atoms with Crippen molar-refractivity contribution >= 4 is 39.8 Å². The highest BCUT2D eigenvalue weighted by molar-refractivity contribution is 7.08. The van der Waals surface area contributed by atoms with Crippen molar-refractivity contribution in [3.63, 3.8) is 0 Å². The van der Waals surface area contributed by atoms with E-state index in [-0.39, 0.29) is 18.4 Å². The Bertz CT molecular complexity index is 1710. The number of aromatic nitrogens is 4. The summed E-state index contributed by atoms with van der Waals surface area (Å²) in [4.78, 5) is 39.8. The van der Waals surface area contributed by atoms with Crippen LogP contribution in [0.4, 0.5) is 0 Å². The van der Waals surface area contributed by atoms with Crippen LogP contribution in [0.5, 0.6) is 0 Å². The van der Waals surface area contributed by atoms with Crippen LogP contribution in [0.15, 0.2) is 53.4 Å². The normalized spacial score (nSPS) is 15.0. The van der Waals surface area contributed by atoms with Crippen molar-refractivity contribution in [3.05, 3.63) is 76.0 Å². The number of amides is 2. The highest BCUT2D eigenvalue weighted by Gasteiger charge is 2.31. The van der Waals surface area contributed by atoms with E-state index in [1.54, 1.807) is 22.7 Å². The monoisotopic (exact) mass is 570 g/mol. The molecule has 212 valence electrons. The molecule has 0 radical (unpaired) electrons. The molecule has 1 aliphatic rings. The molecule has 0 unspecified atom stereocenters. The van der Waals surface area contributed by atoms with E-state index in [4.69, 9.17) is 4.98 Å². The van der Waals surface area contributed by atoms with Crippen molar-refractivity contribution in [2.24, 2.45) is 0 Å². The highest BCUT2D eigenvalue weighted by Crippen LogP contribution is 2.30. The molecule has 1 aromatic carbocycles. The molecule has 4 N–H and O–H groups in total. The summed E-state index contributed by atoms with van der Waals surface area (Å²) >= 11 is 1.51. The summed E-state index contributed by atoms with van der Waals surface area (Å²) in [6.45, 7) is 4.69. The Morgan fingerprint density at radius 1 is 1.10 bits per heavy atom. The van der Waals surface area contributed by atoms with Crippen molar-refractivity contribution in [3.8, 4) is 11.3 Å². The number of rotatable bonds is 8. The van der Waals surface area contributed by atoms with Crippen molar-refractivity contribution < 1.29 is 14.7 Å². The molecule has 4 aromatic heterocycles. The third-order valence-corrected chi connectivity index (χ3v) is 8.51. The van der Waals surface area contributed by atoms with Crippen LogP contribution >= 0.6 is 11.3 Å². The lowest BCUT2D eigenvalue weighted by Crippen LogP contribution is -2.44. The molecular weight excluding hydrogens is 536 g/mol. The minimum atomic E-state index is -0.891. The van der Waals surface area contributed by atoms with Gasteiger partial charge < -0.3 is 20.7 Å². The molecular formula is C31H34N6O3S. The number of carbonyl (C=O) groups is 2. The van der Waals surface area contributed by atoms with Gasteiger partial charge >= 0.3 is 0 Å². The number of hydrogen-bond acceptors (Lipinski definition) is 6. The molecule has 0 aliphatic heterocycles. The van der Waals surface area contributed by atoms with Crippen LogP contribution in [0.25, 0.3) is 27.9 Å². The van der Waals surface area contributed by atoms with E-state index in [1.165, 1.54) is 11.3 Å². The molecule has 9 nitrogen and oxygen atoms in total. The first kappa shape index (κ1) is 27.2. The van der Waals surface area contributed by atoms with Gasteiger partial charge in [0.2, 0.25) is 0 Å². The smallest absolute Gasteiger partial charge is 0.270 e. The Morgan fingerprint density at radius 3 is 2.68 bits per heavy atom. The van der Waals surface area contributed by atoms with Gasteiger partial charge in [-0.05, 0) is 54.1 Å². The van der Waals surface area contributed by atoms with E-state index in [0.717, 1.165) is 47.2 Å². The summed E-state index contributed by atoms with van der Waals surface area (Å²) in [6, 6.07) is 11.3. The number of fused-ring (bicyclic) bond motifs is 2. The molecule has 1 aliphatic carbocycles. The summed E-state index contributed by atoms with van der Waals surface area (Å²) in [6.07, 6.45) is 6.11. The number of thiophene rings is 1. The molecule has 0 atom stereocenters. The average Bonchev–Trinajstić information content (AvgIpc) is 3.73. The largest absolute Gasteiger partial charge is 0.388 e. The quantitative estimate of drug-likeness (QED) is 0.198. The number of benzene rings is 1. The summed E-state index contributed by atoms with van der Waals surface area (Å²) in [5, 5.41) is 20.8.